The Labute approximate surface area is 105 Å². The predicted octanol–water partition coefficient (Wildman–Crippen LogP) is 1.88. The van der Waals surface area contributed by atoms with E-state index in [0.717, 1.165) is 12.1 Å². The number of aromatic nitrogens is 3. The molecule has 2 rings (SSSR count). The number of benzene rings is 1. The average molecular weight is 245 g/mol. The highest BCUT2D eigenvalue weighted by Gasteiger charge is 2.14. The standard InChI is InChI=1S/C13H15N3O2/c1-2-8-18-10-13(17)12-9-14-15-16(12)11-6-4-3-5-7-11/h3-7,9H,2,8,10H2,1H3. The topological polar surface area (TPSA) is 57.0 Å². The van der Waals surface area contributed by atoms with Crippen LogP contribution < -0.4 is 0 Å². The highest BCUT2D eigenvalue weighted by molar-refractivity contribution is 5.95. The van der Waals surface area contributed by atoms with Gasteiger partial charge in [-0.1, -0.05) is 30.3 Å². The van der Waals surface area contributed by atoms with Crippen molar-refractivity contribution in [2.45, 2.75) is 13.3 Å². The molecule has 0 amide bonds. The van der Waals surface area contributed by atoms with Gasteiger partial charge in [-0.15, -0.1) is 5.10 Å². The van der Waals surface area contributed by atoms with Gasteiger partial charge in [-0.3, -0.25) is 4.79 Å². The molecule has 1 heterocycles. The molecule has 0 saturated carbocycles. The normalized spacial score (nSPS) is 10.5. The van der Waals surface area contributed by atoms with Gasteiger partial charge in [0.15, 0.2) is 0 Å². The number of nitrogens with zero attached hydrogens (tertiary/aromatic N) is 3. The van der Waals surface area contributed by atoms with Crippen LogP contribution in [0.4, 0.5) is 0 Å². The molecule has 0 aliphatic rings. The Balaban J connectivity index is 2.15. The number of carbonyl (C=O) groups is 1. The molecule has 5 heteroatoms. The van der Waals surface area contributed by atoms with Crippen LogP contribution in [0.1, 0.15) is 23.8 Å². The number of hydrogen-bond acceptors (Lipinski definition) is 4. The Kier molecular flexibility index (Phi) is 4.20. The SMILES string of the molecule is CCCOCC(=O)c1cnnn1-c1ccccc1. The van der Waals surface area contributed by atoms with E-state index in [4.69, 9.17) is 4.74 Å². The zero-order chi connectivity index (χ0) is 12.8. The number of ketones is 1. The molecule has 0 bridgehead atoms. The molecule has 0 saturated heterocycles. The summed E-state index contributed by atoms with van der Waals surface area (Å²) in [6.45, 7) is 2.65. The van der Waals surface area contributed by atoms with Gasteiger partial charge in [0.25, 0.3) is 0 Å². The van der Waals surface area contributed by atoms with E-state index < -0.39 is 0 Å². The Morgan fingerprint density at radius 3 is 2.83 bits per heavy atom. The van der Waals surface area contributed by atoms with Crippen LogP contribution in [0, 0.1) is 0 Å². The summed E-state index contributed by atoms with van der Waals surface area (Å²) in [6, 6.07) is 9.43. The molecule has 0 aliphatic carbocycles. The van der Waals surface area contributed by atoms with Crippen molar-refractivity contribution in [1.82, 2.24) is 15.0 Å². The van der Waals surface area contributed by atoms with E-state index in [9.17, 15) is 4.79 Å². The third-order valence-corrected chi connectivity index (χ3v) is 2.42. The van der Waals surface area contributed by atoms with Crippen molar-refractivity contribution >= 4 is 5.78 Å². The summed E-state index contributed by atoms with van der Waals surface area (Å²) in [6.07, 6.45) is 2.36. The second kappa shape index (κ2) is 6.07. The Morgan fingerprint density at radius 1 is 1.33 bits per heavy atom. The van der Waals surface area contributed by atoms with Crippen molar-refractivity contribution in [2.24, 2.45) is 0 Å². The molecule has 0 radical (unpaired) electrons. The molecule has 0 fully saturated rings. The zero-order valence-corrected chi connectivity index (χ0v) is 10.2. The van der Waals surface area contributed by atoms with E-state index in [-0.39, 0.29) is 12.4 Å². The minimum absolute atomic E-state index is 0.0635. The van der Waals surface area contributed by atoms with E-state index in [0.29, 0.717) is 12.3 Å². The lowest BCUT2D eigenvalue weighted by Crippen LogP contribution is -2.14. The lowest BCUT2D eigenvalue weighted by molar-refractivity contribution is 0.0753. The number of ether oxygens (including phenoxy) is 1. The number of hydrogen-bond donors (Lipinski definition) is 0. The van der Waals surface area contributed by atoms with Gasteiger partial charge in [-0.25, -0.2) is 4.68 Å². The molecule has 0 atom stereocenters. The van der Waals surface area contributed by atoms with Crippen molar-refractivity contribution in [3.63, 3.8) is 0 Å². The monoisotopic (exact) mass is 245 g/mol. The third kappa shape index (κ3) is 2.81. The van der Waals surface area contributed by atoms with Crippen LogP contribution in [-0.2, 0) is 4.74 Å². The van der Waals surface area contributed by atoms with Gasteiger partial charge in [-0.2, -0.15) is 0 Å². The van der Waals surface area contributed by atoms with E-state index in [1.807, 2.05) is 37.3 Å². The predicted molar refractivity (Wildman–Crippen MR) is 66.8 cm³/mol. The van der Waals surface area contributed by atoms with Gasteiger partial charge in [0.05, 0.1) is 11.9 Å². The maximum atomic E-state index is 11.9. The van der Waals surface area contributed by atoms with Crippen LogP contribution in [0.15, 0.2) is 36.5 Å². The highest BCUT2D eigenvalue weighted by Crippen LogP contribution is 2.09. The molecular formula is C13H15N3O2. The highest BCUT2D eigenvalue weighted by atomic mass is 16.5. The summed E-state index contributed by atoms with van der Waals surface area (Å²) in [5.41, 5.74) is 1.26. The summed E-state index contributed by atoms with van der Waals surface area (Å²) in [5.74, 6) is -0.114. The fourth-order valence-electron chi connectivity index (χ4n) is 1.57. The molecule has 18 heavy (non-hydrogen) atoms. The largest absolute Gasteiger partial charge is 0.373 e. The molecular weight excluding hydrogens is 230 g/mol. The average Bonchev–Trinajstić information content (AvgIpc) is 2.89. The number of para-hydroxylation sites is 1. The molecule has 1 aromatic heterocycles. The maximum absolute atomic E-state index is 11.9. The van der Waals surface area contributed by atoms with Crippen molar-refractivity contribution in [3.8, 4) is 5.69 Å². The van der Waals surface area contributed by atoms with E-state index in [1.165, 1.54) is 10.9 Å². The van der Waals surface area contributed by atoms with Gasteiger partial charge in [0.2, 0.25) is 5.78 Å². The first-order valence-corrected chi connectivity index (χ1v) is 5.90. The lowest BCUT2D eigenvalue weighted by Gasteiger charge is -2.05. The first-order chi connectivity index (χ1) is 8.83. The molecule has 2 aromatic rings. The number of Topliss-reactive ketones (excluding diaryl/α,β-unsaturated/α-hetero) is 1. The van der Waals surface area contributed by atoms with Crippen LogP contribution in [0.3, 0.4) is 0 Å². The summed E-state index contributed by atoms with van der Waals surface area (Å²) in [4.78, 5) is 11.9. The Morgan fingerprint density at radius 2 is 2.11 bits per heavy atom. The minimum Gasteiger partial charge on any atom is -0.373 e. The quantitative estimate of drug-likeness (QED) is 0.576. The number of rotatable bonds is 6. The van der Waals surface area contributed by atoms with Crippen LogP contribution in [-0.4, -0.2) is 34.0 Å². The van der Waals surface area contributed by atoms with Gasteiger partial charge >= 0.3 is 0 Å². The second-order valence-corrected chi connectivity index (χ2v) is 3.84. The molecule has 0 unspecified atom stereocenters. The second-order valence-electron chi connectivity index (χ2n) is 3.84. The minimum atomic E-state index is -0.114. The summed E-state index contributed by atoms with van der Waals surface area (Å²) >= 11 is 0. The molecule has 0 N–H and O–H groups in total. The first kappa shape index (κ1) is 12.4. The molecule has 94 valence electrons. The van der Waals surface area contributed by atoms with Crippen LogP contribution in [0.2, 0.25) is 0 Å². The molecule has 5 nitrogen and oxygen atoms in total. The molecule has 1 aromatic carbocycles. The Hall–Kier alpha value is -2.01. The Bertz CT molecular complexity index is 508. The van der Waals surface area contributed by atoms with Crippen molar-refractivity contribution in [2.75, 3.05) is 13.2 Å². The fraction of sp³-hybridized carbons (Fsp3) is 0.308. The summed E-state index contributed by atoms with van der Waals surface area (Å²) in [5, 5.41) is 7.71. The zero-order valence-electron chi connectivity index (χ0n) is 10.2. The summed E-state index contributed by atoms with van der Waals surface area (Å²) in [7, 11) is 0. The van der Waals surface area contributed by atoms with E-state index in [1.54, 1.807) is 0 Å². The van der Waals surface area contributed by atoms with Crippen LogP contribution >= 0.6 is 0 Å². The van der Waals surface area contributed by atoms with Crippen LogP contribution in [0.5, 0.6) is 0 Å². The maximum Gasteiger partial charge on any atom is 0.208 e. The van der Waals surface area contributed by atoms with E-state index in [2.05, 4.69) is 10.3 Å². The first-order valence-electron chi connectivity index (χ1n) is 5.90. The van der Waals surface area contributed by atoms with Crippen molar-refractivity contribution < 1.29 is 9.53 Å². The van der Waals surface area contributed by atoms with E-state index >= 15 is 0 Å². The molecule has 0 aliphatic heterocycles. The van der Waals surface area contributed by atoms with Crippen molar-refractivity contribution in [1.29, 1.82) is 0 Å². The van der Waals surface area contributed by atoms with Crippen molar-refractivity contribution in [3.05, 3.63) is 42.2 Å². The van der Waals surface area contributed by atoms with Crippen LogP contribution in [0.25, 0.3) is 5.69 Å². The lowest BCUT2D eigenvalue weighted by atomic mass is 10.3. The third-order valence-electron chi connectivity index (χ3n) is 2.42. The number of carbonyl (C=O) groups excluding carboxylic acids is 1. The molecule has 0 spiro atoms. The van der Waals surface area contributed by atoms with Gasteiger partial charge < -0.3 is 4.74 Å². The van der Waals surface area contributed by atoms with Gasteiger partial charge in [-0.05, 0) is 18.6 Å². The fourth-order valence-corrected chi connectivity index (χ4v) is 1.57. The summed E-state index contributed by atoms with van der Waals surface area (Å²) < 4.78 is 6.77. The van der Waals surface area contributed by atoms with Gasteiger partial charge in [0, 0.05) is 6.61 Å². The smallest absolute Gasteiger partial charge is 0.208 e. The van der Waals surface area contributed by atoms with Gasteiger partial charge in [0.1, 0.15) is 12.3 Å².